The molecule has 9 nitrogen and oxygen atoms in total. The number of anilines is 2. The van der Waals surface area contributed by atoms with Gasteiger partial charge in [0.15, 0.2) is 6.29 Å². The van der Waals surface area contributed by atoms with E-state index in [-0.39, 0.29) is 18.2 Å². The van der Waals surface area contributed by atoms with Crippen molar-refractivity contribution < 1.29 is 19.1 Å². The molecule has 0 spiro atoms. The molecule has 2 saturated heterocycles. The molecule has 5 rings (SSSR count). The largest absolute Gasteiger partial charge is 0.457 e. The fraction of sp³-hybridized carbons (Fsp3) is 0.192. The molecule has 0 saturated carbocycles. The molecule has 190 valence electrons. The molecule has 37 heavy (non-hydrogen) atoms. The summed E-state index contributed by atoms with van der Waals surface area (Å²) in [5, 5.41) is 15.4. The van der Waals surface area contributed by atoms with Crippen molar-refractivity contribution in [2.24, 2.45) is 11.8 Å². The van der Waals surface area contributed by atoms with Gasteiger partial charge in [0.2, 0.25) is 17.7 Å². The van der Waals surface area contributed by atoms with E-state index in [1.807, 2.05) is 30.3 Å². The maximum absolute atomic E-state index is 13.2. The minimum Gasteiger partial charge on any atom is -0.457 e. The fourth-order valence-corrected chi connectivity index (χ4v) is 4.84. The summed E-state index contributed by atoms with van der Waals surface area (Å²) < 4.78 is 5.77. The van der Waals surface area contributed by atoms with Crippen LogP contribution in [0.15, 0.2) is 72.8 Å². The van der Waals surface area contributed by atoms with Crippen LogP contribution in [0.25, 0.3) is 0 Å². The average molecular weight is 540 g/mol. The number of fused-ring (bicyclic) bond motifs is 1. The van der Waals surface area contributed by atoms with Crippen molar-refractivity contribution >= 4 is 52.3 Å². The van der Waals surface area contributed by atoms with Crippen LogP contribution < -0.4 is 31.3 Å². The van der Waals surface area contributed by atoms with E-state index in [2.05, 4.69) is 26.6 Å². The Kier molecular flexibility index (Phi) is 7.18. The molecule has 11 heteroatoms. The number of halogens is 2. The number of amides is 3. The van der Waals surface area contributed by atoms with Crippen molar-refractivity contribution in [1.82, 2.24) is 16.0 Å². The highest BCUT2D eigenvalue weighted by Gasteiger charge is 2.48. The standard InChI is InChI=1S/C26H23Cl2N5O4/c27-14-6-11-20(19(28)12-14)30-26-32-23-22(25(36)33-26)18(13-21(34)31-23)24(35)29-15-7-9-17(10-8-15)37-16-4-2-1-3-5-16/h1-12,18,22-23,26,30,32H,13H2,(H,29,35)(H,31,34)(H,33,36). The summed E-state index contributed by atoms with van der Waals surface area (Å²) in [6.07, 6.45) is -1.60. The molecule has 0 radical (unpaired) electrons. The second-order valence-electron chi connectivity index (χ2n) is 8.69. The van der Waals surface area contributed by atoms with Crippen molar-refractivity contribution in [1.29, 1.82) is 0 Å². The van der Waals surface area contributed by atoms with Gasteiger partial charge in [-0.05, 0) is 54.6 Å². The second kappa shape index (κ2) is 10.7. The summed E-state index contributed by atoms with van der Waals surface area (Å²) in [6.45, 7) is 0. The summed E-state index contributed by atoms with van der Waals surface area (Å²) in [5.41, 5.74) is 1.06. The highest BCUT2D eigenvalue weighted by atomic mass is 35.5. The monoisotopic (exact) mass is 539 g/mol. The Morgan fingerprint density at radius 2 is 1.65 bits per heavy atom. The van der Waals surface area contributed by atoms with Gasteiger partial charge in [0.1, 0.15) is 11.5 Å². The molecule has 2 heterocycles. The Labute approximate surface area is 222 Å². The summed E-state index contributed by atoms with van der Waals surface area (Å²) >= 11 is 12.2. The minimum atomic E-state index is -0.869. The van der Waals surface area contributed by atoms with Crippen LogP contribution in [0.1, 0.15) is 6.42 Å². The fourth-order valence-electron chi connectivity index (χ4n) is 4.38. The maximum Gasteiger partial charge on any atom is 0.229 e. The lowest BCUT2D eigenvalue weighted by Crippen LogP contribution is -2.72. The summed E-state index contributed by atoms with van der Waals surface area (Å²) in [4.78, 5) is 38.7. The zero-order valence-electron chi connectivity index (χ0n) is 19.3. The van der Waals surface area contributed by atoms with Crippen LogP contribution in [0.5, 0.6) is 11.5 Å². The summed E-state index contributed by atoms with van der Waals surface area (Å²) in [7, 11) is 0. The normalized spacial score (nSPS) is 22.8. The maximum atomic E-state index is 13.2. The first kappa shape index (κ1) is 24.9. The topological polar surface area (TPSA) is 121 Å². The number of carbonyl (C=O) groups is 3. The lowest BCUT2D eigenvalue weighted by Gasteiger charge is -2.43. The van der Waals surface area contributed by atoms with E-state index in [0.29, 0.717) is 32.9 Å². The number of rotatable bonds is 6. The van der Waals surface area contributed by atoms with Gasteiger partial charge < -0.3 is 26.0 Å². The third kappa shape index (κ3) is 5.80. The van der Waals surface area contributed by atoms with Crippen LogP contribution >= 0.6 is 23.2 Å². The smallest absolute Gasteiger partial charge is 0.229 e. The zero-order valence-corrected chi connectivity index (χ0v) is 20.8. The highest BCUT2D eigenvalue weighted by molar-refractivity contribution is 6.36. The van der Waals surface area contributed by atoms with E-state index in [1.54, 1.807) is 42.5 Å². The van der Waals surface area contributed by atoms with Crippen LogP contribution in [0.2, 0.25) is 10.0 Å². The molecule has 3 aromatic carbocycles. The first-order chi connectivity index (χ1) is 17.9. The van der Waals surface area contributed by atoms with Crippen LogP contribution in [0, 0.1) is 11.8 Å². The van der Waals surface area contributed by atoms with Gasteiger partial charge >= 0.3 is 0 Å². The number of hydrogen-bond acceptors (Lipinski definition) is 6. The molecule has 0 aromatic heterocycles. The van der Waals surface area contributed by atoms with Gasteiger partial charge in [-0.1, -0.05) is 41.4 Å². The average Bonchev–Trinajstić information content (AvgIpc) is 2.87. The van der Waals surface area contributed by atoms with Crippen LogP contribution in [0.4, 0.5) is 11.4 Å². The van der Waals surface area contributed by atoms with Gasteiger partial charge in [-0.25, -0.2) is 0 Å². The number of carbonyl (C=O) groups excluding carboxylic acids is 3. The van der Waals surface area contributed by atoms with Crippen molar-refractivity contribution in [3.63, 3.8) is 0 Å². The van der Waals surface area contributed by atoms with Crippen LogP contribution in [-0.4, -0.2) is 30.2 Å². The number of ether oxygens (including phenoxy) is 1. The lowest BCUT2D eigenvalue weighted by molar-refractivity contribution is -0.144. The molecule has 3 aromatic rings. The molecule has 2 fully saturated rings. The molecule has 2 aliphatic rings. The number of piperidine rings is 1. The van der Waals surface area contributed by atoms with Crippen molar-refractivity contribution in [3.8, 4) is 11.5 Å². The van der Waals surface area contributed by atoms with E-state index >= 15 is 0 Å². The lowest BCUT2D eigenvalue weighted by atomic mass is 9.81. The molecular weight excluding hydrogens is 517 g/mol. The third-order valence-electron chi connectivity index (χ3n) is 6.12. The van der Waals surface area contributed by atoms with Gasteiger partial charge in [0.05, 0.1) is 28.7 Å². The van der Waals surface area contributed by atoms with E-state index < -0.39 is 30.2 Å². The minimum absolute atomic E-state index is 0.113. The highest BCUT2D eigenvalue weighted by Crippen LogP contribution is 2.30. The number of para-hydroxylation sites is 1. The number of hydrogen-bond donors (Lipinski definition) is 5. The third-order valence-corrected chi connectivity index (χ3v) is 6.67. The van der Waals surface area contributed by atoms with Gasteiger partial charge in [-0.2, -0.15) is 0 Å². The molecule has 5 N–H and O–H groups in total. The first-order valence-electron chi connectivity index (χ1n) is 11.6. The molecule has 0 aliphatic carbocycles. The predicted molar refractivity (Wildman–Crippen MR) is 140 cm³/mol. The first-order valence-corrected chi connectivity index (χ1v) is 12.3. The molecule has 3 amide bonds. The Balaban J connectivity index is 1.24. The van der Waals surface area contributed by atoms with Crippen LogP contribution in [0.3, 0.4) is 0 Å². The van der Waals surface area contributed by atoms with Gasteiger partial charge in [-0.15, -0.1) is 0 Å². The number of nitrogens with one attached hydrogen (secondary N) is 5. The summed E-state index contributed by atoms with van der Waals surface area (Å²) in [6, 6.07) is 21.1. The van der Waals surface area contributed by atoms with Gasteiger partial charge in [0, 0.05) is 17.1 Å². The Bertz CT molecular complexity index is 1320. The Morgan fingerprint density at radius 1 is 0.919 bits per heavy atom. The van der Waals surface area contributed by atoms with E-state index in [4.69, 9.17) is 27.9 Å². The Morgan fingerprint density at radius 3 is 2.38 bits per heavy atom. The summed E-state index contributed by atoms with van der Waals surface area (Å²) in [5.74, 6) is -1.51. The van der Waals surface area contributed by atoms with Crippen molar-refractivity contribution in [2.75, 3.05) is 10.6 Å². The molecule has 0 bridgehead atoms. The quantitative estimate of drug-likeness (QED) is 0.323. The molecule has 2 aliphatic heterocycles. The van der Waals surface area contributed by atoms with Gasteiger partial charge in [0.25, 0.3) is 0 Å². The van der Waals surface area contributed by atoms with E-state index in [1.165, 1.54) is 0 Å². The Hall–Kier alpha value is -3.79. The van der Waals surface area contributed by atoms with E-state index in [9.17, 15) is 14.4 Å². The second-order valence-corrected chi connectivity index (χ2v) is 9.53. The van der Waals surface area contributed by atoms with Crippen LogP contribution in [-0.2, 0) is 14.4 Å². The SMILES string of the molecule is O=C1CC(C(=O)Nc2ccc(Oc3ccccc3)cc2)C2C(=O)NC(Nc3ccc(Cl)cc3Cl)NC2N1. The van der Waals surface area contributed by atoms with Crippen molar-refractivity contribution in [2.45, 2.75) is 18.9 Å². The van der Waals surface area contributed by atoms with Gasteiger partial charge in [-0.3, -0.25) is 19.7 Å². The van der Waals surface area contributed by atoms with Crippen molar-refractivity contribution in [3.05, 3.63) is 82.8 Å². The molecule has 4 unspecified atom stereocenters. The molecule has 4 atom stereocenters. The number of benzene rings is 3. The zero-order chi connectivity index (χ0) is 25.9. The predicted octanol–water partition coefficient (Wildman–Crippen LogP) is 3.92. The van der Waals surface area contributed by atoms with E-state index in [0.717, 1.165) is 0 Å². The molecular formula is C26H23Cl2N5O4.